The average Bonchev–Trinajstić information content (AvgIpc) is 2.50. The van der Waals surface area contributed by atoms with Crippen molar-refractivity contribution < 1.29 is 0 Å². The molecule has 2 heterocycles. The first kappa shape index (κ1) is 13.1. The van der Waals surface area contributed by atoms with Crippen LogP contribution in [0.4, 0.5) is 0 Å². The zero-order valence-electron chi connectivity index (χ0n) is 11.3. The van der Waals surface area contributed by atoms with Crippen molar-refractivity contribution >= 4 is 0 Å². The smallest absolute Gasteiger partial charge is 0.250 e. The van der Waals surface area contributed by atoms with Gasteiger partial charge in [-0.15, -0.1) is 0 Å². The molecule has 0 saturated heterocycles. The number of rotatable bonds is 3. The summed E-state index contributed by atoms with van der Waals surface area (Å²) in [5.74, 6) is 0. The number of H-pyrrole nitrogens is 1. The van der Waals surface area contributed by atoms with Gasteiger partial charge in [0, 0.05) is 24.5 Å². The average molecular weight is 278 g/mol. The molecule has 4 nitrogen and oxygen atoms in total. The summed E-state index contributed by atoms with van der Waals surface area (Å²) in [6.45, 7) is 0.511. The van der Waals surface area contributed by atoms with E-state index in [1.807, 2.05) is 36.4 Å². The Hall–Kier alpha value is -2.88. The van der Waals surface area contributed by atoms with Crippen LogP contribution in [0.3, 0.4) is 0 Å². The predicted octanol–water partition coefficient (Wildman–Crippen LogP) is 2.25. The number of aromatic nitrogens is 2. The molecular formula is C17H14N2O2. The molecule has 1 aromatic carbocycles. The maximum Gasteiger partial charge on any atom is 0.250 e. The first-order valence-corrected chi connectivity index (χ1v) is 6.66. The fourth-order valence-corrected chi connectivity index (χ4v) is 2.23. The van der Waals surface area contributed by atoms with E-state index in [-0.39, 0.29) is 11.1 Å². The lowest BCUT2D eigenvalue weighted by molar-refractivity contribution is 0.761. The third-order valence-corrected chi connectivity index (χ3v) is 3.29. The van der Waals surface area contributed by atoms with Crippen LogP contribution in [0.1, 0.15) is 5.56 Å². The largest absolute Gasteiger partial charge is 0.329 e. The quantitative estimate of drug-likeness (QED) is 0.799. The maximum absolute atomic E-state index is 12.0. The summed E-state index contributed by atoms with van der Waals surface area (Å²) < 4.78 is 1.64. The van der Waals surface area contributed by atoms with Crippen molar-refractivity contribution in [3.8, 4) is 11.1 Å². The summed E-state index contributed by atoms with van der Waals surface area (Å²) in [5.41, 5.74) is 2.47. The minimum Gasteiger partial charge on any atom is -0.329 e. The molecule has 104 valence electrons. The lowest BCUT2D eigenvalue weighted by Crippen LogP contribution is -2.19. The molecule has 0 atom stereocenters. The third-order valence-electron chi connectivity index (χ3n) is 3.29. The van der Waals surface area contributed by atoms with Crippen LogP contribution >= 0.6 is 0 Å². The standard InChI is InChI=1S/C17H14N2O2/c20-16-10-14(8-9-18-16)15-6-7-17(21)19(12-15)11-13-4-2-1-3-5-13/h1-10,12H,11H2,(H,18,20). The topological polar surface area (TPSA) is 54.9 Å². The first-order valence-electron chi connectivity index (χ1n) is 6.66. The Morgan fingerprint density at radius 1 is 0.905 bits per heavy atom. The monoisotopic (exact) mass is 278 g/mol. The number of hydrogen-bond acceptors (Lipinski definition) is 2. The molecule has 0 fully saturated rings. The Kier molecular flexibility index (Phi) is 3.51. The molecule has 1 N–H and O–H groups in total. The number of aromatic amines is 1. The van der Waals surface area contributed by atoms with E-state index in [1.54, 1.807) is 23.0 Å². The van der Waals surface area contributed by atoms with Gasteiger partial charge in [-0.3, -0.25) is 9.59 Å². The van der Waals surface area contributed by atoms with Crippen LogP contribution in [0.25, 0.3) is 11.1 Å². The molecule has 3 aromatic rings. The number of pyridine rings is 2. The first-order chi connectivity index (χ1) is 10.2. The van der Waals surface area contributed by atoms with Crippen LogP contribution in [0, 0.1) is 0 Å². The molecule has 0 spiro atoms. The van der Waals surface area contributed by atoms with Gasteiger partial charge in [-0.25, -0.2) is 0 Å². The molecule has 21 heavy (non-hydrogen) atoms. The number of nitrogens with one attached hydrogen (secondary N) is 1. The van der Waals surface area contributed by atoms with Gasteiger partial charge in [-0.2, -0.15) is 0 Å². The Morgan fingerprint density at radius 2 is 1.71 bits per heavy atom. The summed E-state index contributed by atoms with van der Waals surface area (Å²) in [6.07, 6.45) is 3.38. The van der Waals surface area contributed by atoms with Crippen molar-refractivity contribution in [1.29, 1.82) is 0 Å². The molecule has 0 aliphatic heterocycles. The van der Waals surface area contributed by atoms with Gasteiger partial charge in [-0.1, -0.05) is 30.3 Å². The highest BCUT2D eigenvalue weighted by Crippen LogP contribution is 2.15. The minimum absolute atomic E-state index is 0.0626. The lowest BCUT2D eigenvalue weighted by atomic mass is 10.1. The lowest BCUT2D eigenvalue weighted by Gasteiger charge is -2.08. The molecule has 0 unspecified atom stereocenters. The van der Waals surface area contributed by atoms with Gasteiger partial charge in [0.05, 0.1) is 6.54 Å². The van der Waals surface area contributed by atoms with E-state index in [0.717, 1.165) is 16.7 Å². The Labute approximate surface area is 121 Å². The highest BCUT2D eigenvalue weighted by Gasteiger charge is 2.03. The van der Waals surface area contributed by atoms with Gasteiger partial charge < -0.3 is 9.55 Å². The molecule has 4 heteroatoms. The van der Waals surface area contributed by atoms with Gasteiger partial charge in [0.15, 0.2) is 0 Å². The van der Waals surface area contributed by atoms with E-state index >= 15 is 0 Å². The van der Waals surface area contributed by atoms with Crippen molar-refractivity contribution in [2.45, 2.75) is 6.54 Å². The minimum atomic E-state index is -0.159. The Balaban J connectivity index is 2.01. The van der Waals surface area contributed by atoms with E-state index in [2.05, 4.69) is 4.98 Å². The SMILES string of the molecule is O=c1cc(-c2ccc(=O)n(Cc3ccccc3)c2)cc[nH]1. The molecular weight excluding hydrogens is 264 g/mol. The van der Waals surface area contributed by atoms with E-state index in [0.29, 0.717) is 6.54 Å². The molecule has 0 radical (unpaired) electrons. The van der Waals surface area contributed by atoms with Crippen molar-refractivity contribution in [3.63, 3.8) is 0 Å². The van der Waals surface area contributed by atoms with Crippen molar-refractivity contribution in [2.24, 2.45) is 0 Å². The molecule has 0 aliphatic rings. The molecule has 3 rings (SSSR count). The van der Waals surface area contributed by atoms with E-state index < -0.39 is 0 Å². The Morgan fingerprint density at radius 3 is 2.48 bits per heavy atom. The van der Waals surface area contributed by atoms with E-state index in [1.165, 1.54) is 12.1 Å². The highest BCUT2D eigenvalue weighted by atomic mass is 16.1. The van der Waals surface area contributed by atoms with Gasteiger partial charge >= 0.3 is 0 Å². The summed E-state index contributed by atoms with van der Waals surface area (Å²) in [7, 11) is 0. The molecule has 0 saturated carbocycles. The third kappa shape index (κ3) is 3.00. The van der Waals surface area contributed by atoms with Gasteiger partial charge in [0.1, 0.15) is 0 Å². The highest BCUT2D eigenvalue weighted by molar-refractivity contribution is 5.61. The summed E-state index contributed by atoms with van der Waals surface area (Å²) >= 11 is 0. The molecule has 0 aliphatic carbocycles. The fraction of sp³-hybridized carbons (Fsp3) is 0.0588. The van der Waals surface area contributed by atoms with E-state index in [4.69, 9.17) is 0 Å². The van der Waals surface area contributed by atoms with E-state index in [9.17, 15) is 9.59 Å². The summed E-state index contributed by atoms with van der Waals surface area (Å²) in [5, 5.41) is 0. The van der Waals surface area contributed by atoms with Crippen LogP contribution in [-0.2, 0) is 6.54 Å². The Bertz CT molecular complexity index is 863. The van der Waals surface area contributed by atoms with Crippen LogP contribution < -0.4 is 11.1 Å². The zero-order valence-corrected chi connectivity index (χ0v) is 11.3. The van der Waals surface area contributed by atoms with Gasteiger partial charge in [0.25, 0.3) is 5.56 Å². The summed E-state index contributed by atoms with van der Waals surface area (Å²) in [6, 6.07) is 16.4. The maximum atomic E-state index is 12.0. The summed E-state index contributed by atoms with van der Waals surface area (Å²) in [4.78, 5) is 25.9. The molecule has 0 bridgehead atoms. The van der Waals surface area contributed by atoms with Gasteiger partial charge in [0.2, 0.25) is 5.56 Å². The number of nitrogens with zero attached hydrogens (tertiary/aromatic N) is 1. The normalized spacial score (nSPS) is 10.5. The van der Waals surface area contributed by atoms with Crippen LogP contribution in [0.2, 0.25) is 0 Å². The second-order valence-corrected chi connectivity index (χ2v) is 4.81. The van der Waals surface area contributed by atoms with Crippen LogP contribution in [0.5, 0.6) is 0 Å². The fourth-order valence-electron chi connectivity index (χ4n) is 2.23. The number of benzene rings is 1. The van der Waals surface area contributed by atoms with Crippen LogP contribution in [0.15, 0.2) is 76.6 Å². The molecule has 2 aromatic heterocycles. The second kappa shape index (κ2) is 5.63. The van der Waals surface area contributed by atoms with Crippen molar-refractivity contribution in [3.05, 3.63) is 93.3 Å². The molecule has 0 amide bonds. The predicted molar refractivity (Wildman–Crippen MR) is 82.3 cm³/mol. The van der Waals surface area contributed by atoms with Crippen LogP contribution in [-0.4, -0.2) is 9.55 Å². The second-order valence-electron chi connectivity index (χ2n) is 4.81. The number of hydrogen-bond donors (Lipinski definition) is 1. The van der Waals surface area contributed by atoms with Gasteiger partial charge in [-0.05, 0) is 28.8 Å². The van der Waals surface area contributed by atoms with Crippen molar-refractivity contribution in [1.82, 2.24) is 9.55 Å². The zero-order chi connectivity index (χ0) is 14.7. The van der Waals surface area contributed by atoms with Crippen molar-refractivity contribution in [2.75, 3.05) is 0 Å².